The summed E-state index contributed by atoms with van der Waals surface area (Å²) in [4.78, 5) is 4.81. The summed E-state index contributed by atoms with van der Waals surface area (Å²) in [6.45, 7) is 9.61. The van der Waals surface area contributed by atoms with Crippen LogP contribution in [0.15, 0.2) is 0 Å². The third kappa shape index (κ3) is 10.4. The van der Waals surface area contributed by atoms with E-state index in [-0.39, 0.29) is 0 Å². The van der Waals surface area contributed by atoms with Gasteiger partial charge in [0.1, 0.15) is 0 Å². The fraction of sp³-hybridized carbons (Fsp3) is 1.00. The Hall–Kier alpha value is 0.790. The van der Waals surface area contributed by atoms with Crippen LogP contribution in [0.1, 0.15) is 33.6 Å². The maximum atomic E-state index is 2.48. The Kier molecular flexibility index (Phi) is 11.2. The molecule has 0 radical (unpaired) electrons. The standard InChI is InChI=1S/C7H16N.C5H12N.C2H5.In/c1-5-6-8(4)7(2)3;1-4-5-6(2)3;1-2;/h7H,1,5-6H2,2-4H3;1,4-5H2,2-3H3;1H2,2H3;. The molecule has 0 aliphatic rings. The van der Waals surface area contributed by atoms with Crippen molar-refractivity contribution in [3.8, 4) is 0 Å². The molecule has 2 nitrogen and oxygen atoms in total. The van der Waals surface area contributed by atoms with Crippen molar-refractivity contribution in [1.82, 2.24) is 9.80 Å². The molecule has 0 saturated heterocycles. The van der Waals surface area contributed by atoms with Crippen molar-refractivity contribution >= 4 is 21.4 Å². The molecule has 102 valence electrons. The van der Waals surface area contributed by atoms with E-state index in [1.165, 1.54) is 25.9 Å². The van der Waals surface area contributed by atoms with E-state index < -0.39 is 21.4 Å². The van der Waals surface area contributed by atoms with E-state index in [0.717, 1.165) is 0 Å². The molecule has 0 aliphatic heterocycles. The van der Waals surface area contributed by atoms with Crippen LogP contribution in [0.3, 0.4) is 0 Å². The molecule has 0 bridgehead atoms. The first-order valence-electron chi connectivity index (χ1n) is 7.32. The maximum absolute atomic E-state index is 2.48. The first kappa shape index (κ1) is 17.8. The Morgan fingerprint density at radius 1 is 0.941 bits per heavy atom. The van der Waals surface area contributed by atoms with Gasteiger partial charge in [0.25, 0.3) is 0 Å². The van der Waals surface area contributed by atoms with Gasteiger partial charge in [0.15, 0.2) is 0 Å². The van der Waals surface area contributed by atoms with Crippen molar-refractivity contribution < 1.29 is 0 Å². The molecule has 0 aromatic carbocycles. The van der Waals surface area contributed by atoms with Crippen molar-refractivity contribution in [2.75, 3.05) is 34.2 Å². The van der Waals surface area contributed by atoms with E-state index in [9.17, 15) is 0 Å². The molecule has 3 heteroatoms. The van der Waals surface area contributed by atoms with Gasteiger partial charge in [-0.25, -0.2) is 0 Å². The number of nitrogens with zero attached hydrogens (tertiary/aromatic N) is 2. The Labute approximate surface area is 117 Å². The summed E-state index contributed by atoms with van der Waals surface area (Å²) in [5.74, 6) is 0. The molecule has 0 unspecified atom stereocenters. The zero-order chi connectivity index (χ0) is 13.3. The predicted molar refractivity (Wildman–Crippen MR) is 81.4 cm³/mol. The van der Waals surface area contributed by atoms with E-state index >= 15 is 0 Å². The van der Waals surface area contributed by atoms with E-state index in [1.54, 1.807) is 12.5 Å². The van der Waals surface area contributed by atoms with Gasteiger partial charge in [0, 0.05) is 0 Å². The Balaban J connectivity index is 3.60. The molecule has 0 heterocycles. The number of hydrogen-bond donors (Lipinski definition) is 0. The van der Waals surface area contributed by atoms with Crippen molar-refractivity contribution in [2.45, 2.75) is 52.2 Å². The van der Waals surface area contributed by atoms with Crippen molar-refractivity contribution in [2.24, 2.45) is 0 Å². The van der Waals surface area contributed by atoms with E-state index in [1.807, 2.05) is 0 Å². The summed E-state index contributed by atoms with van der Waals surface area (Å²) in [5, 5.41) is 0. The van der Waals surface area contributed by atoms with Crippen LogP contribution in [0.25, 0.3) is 0 Å². The van der Waals surface area contributed by atoms with Crippen LogP contribution in [0.4, 0.5) is 0 Å². The van der Waals surface area contributed by atoms with Gasteiger partial charge in [0.2, 0.25) is 0 Å². The van der Waals surface area contributed by atoms with Gasteiger partial charge in [-0.2, -0.15) is 0 Å². The third-order valence-electron chi connectivity index (χ3n) is 3.80. The van der Waals surface area contributed by atoms with E-state index in [4.69, 9.17) is 0 Å². The predicted octanol–water partition coefficient (Wildman–Crippen LogP) is 3.18. The van der Waals surface area contributed by atoms with E-state index in [0.29, 0.717) is 6.04 Å². The second-order valence-corrected chi connectivity index (χ2v) is 16.5. The Morgan fingerprint density at radius 3 is 1.88 bits per heavy atom. The van der Waals surface area contributed by atoms with Crippen LogP contribution in [-0.2, 0) is 0 Å². The van der Waals surface area contributed by atoms with Crippen molar-refractivity contribution in [3.63, 3.8) is 0 Å². The number of hydrogen-bond acceptors (Lipinski definition) is 2. The zero-order valence-corrected chi connectivity index (χ0v) is 16.3. The van der Waals surface area contributed by atoms with Crippen LogP contribution in [0.5, 0.6) is 0 Å². The molecule has 0 spiro atoms. The quantitative estimate of drug-likeness (QED) is 0.601. The van der Waals surface area contributed by atoms with Crippen LogP contribution in [-0.4, -0.2) is 71.5 Å². The third-order valence-corrected chi connectivity index (χ3v) is 14.1. The minimum absolute atomic E-state index is 0.707. The monoisotopic (exact) mass is 344 g/mol. The second-order valence-electron chi connectivity index (χ2n) is 5.94. The van der Waals surface area contributed by atoms with Gasteiger partial charge in [-0.1, -0.05) is 0 Å². The van der Waals surface area contributed by atoms with Crippen LogP contribution in [0.2, 0.25) is 12.5 Å². The molecule has 0 N–H and O–H groups in total. The molecule has 0 rings (SSSR count). The van der Waals surface area contributed by atoms with E-state index in [2.05, 4.69) is 51.7 Å². The zero-order valence-electron chi connectivity index (χ0n) is 13.0. The van der Waals surface area contributed by atoms with Gasteiger partial charge >= 0.3 is 118 Å². The normalized spacial score (nSPS) is 11.8. The molecular weight excluding hydrogens is 311 g/mol. The fourth-order valence-corrected chi connectivity index (χ4v) is 9.63. The molecule has 0 aromatic heterocycles. The second kappa shape index (κ2) is 10.7. The summed E-state index contributed by atoms with van der Waals surface area (Å²) < 4.78 is 4.78. The summed E-state index contributed by atoms with van der Waals surface area (Å²) >= 11 is -1.11. The van der Waals surface area contributed by atoms with Gasteiger partial charge < -0.3 is 0 Å². The summed E-state index contributed by atoms with van der Waals surface area (Å²) in [5.41, 5.74) is 0. The van der Waals surface area contributed by atoms with Crippen LogP contribution >= 0.6 is 0 Å². The average molecular weight is 344 g/mol. The molecule has 0 saturated carbocycles. The van der Waals surface area contributed by atoms with Gasteiger partial charge in [-0.05, 0) is 0 Å². The summed E-state index contributed by atoms with van der Waals surface area (Å²) in [6.07, 6.45) is 2.90. The Bertz CT molecular complexity index is 172. The Morgan fingerprint density at radius 2 is 1.47 bits per heavy atom. The summed E-state index contributed by atoms with van der Waals surface area (Å²) in [6, 6.07) is 0.707. The first-order chi connectivity index (χ1) is 7.97. The first-order valence-corrected chi connectivity index (χ1v) is 14.3. The molecule has 0 fully saturated rings. The minimum atomic E-state index is -1.11. The molecule has 17 heavy (non-hydrogen) atoms. The summed E-state index contributed by atoms with van der Waals surface area (Å²) in [7, 11) is 6.63. The SMILES string of the molecule is C[CH2][In]([CH2]CCN(C)C)[CH2]CCN(C)C(C)C. The average Bonchev–Trinajstić information content (AvgIpc) is 2.26. The van der Waals surface area contributed by atoms with Crippen molar-refractivity contribution in [1.29, 1.82) is 0 Å². The topological polar surface area (TPSA) is 6.48 Å². The van der Waals surface area contributed by atoms with Crippen molar-refractivity contribution in [3.05, 3.63) is 0 Å². The molecule has 0 aliphatic carbocycles. The van der Waals surface area contributed by atoms with Crippen LogP contribution in [0, 0.1) is 0 Å². The number of rotatable bonds is 10. The fourth-order valence-electron chi connectivity index (χ4n) is 2.14. The molecule has 0 amide bonds. The molecular formula is C14H33InN2. The molecule has 0 atom stereocenters. The van der Waals surface area contributed by atoms with Gasteiger partial charge in [-0.3, -0.25) is 0 Å². The van der Waals surface area contributed by atoms with Gasteiger partial charge in [0.05, 0.1) is 0 Å². The molecule has 0 aromatic rings. The van der Waals surface area contributed by atoms with Gasteiger partial charge in [-0.15, -0.1) is 0 Å². The van der Waals surface area contributed by atoms with Crippen LogP contribution < -0.4 is 0 Å².